The van der Waals surface area contributed by atoms with Gasteiger partial charge >= 0.3 is 12.1 Å². The van der Waals surface area contributed by atoms with Crippen LogP contribution in [-0.4, -0.2) is 42.4 Å². The van der Waals surface area contributed by atoms with Crippen LogP contribution >= 0.6 is 0 Å². The van der Waals surface area contributed by atoms with Crippen molar-refractivity contribution in [2.75, 3.05) is 0 Å². The number of phenols is 1. The van der Waals surface area contributed by atoms with Crippen LogP contribution in [0.4, 0.5) is 13.2 Å². The molecule has 4 N–H and O–H groups in total. The molecule has 4 aromatic rings. The van der Waals surface area contributed by atoms with Crippen molar-refractivity contribution in [1.29, 1.82) is 5.41 Å². The fourth-order valence-corrected chi connectivity index (χ4v) is 4.45. The maximum Gasteiger partial charge on any atom is 0.490 e. The van der Waals surface area contributed by atoms with Gasteiger partial charge < -0.3 is 24.5 Å². The average Bonchev–Trinajstić information content (AvgIpc) is 3.14. The highest BCUT2D eigenvalue weighted by molar-refractivity contribution is 5.97. The minimum atomic E-state index is -5.08. The van der Waals surface area contributed by atoms with Crippen molar-refractivity contribution >= 4 is 22.8 Å². The molecule has 0 spiro atoms. The molecule has 1 aromatic heterocycles. The number of aliphatic carboxylic acids is 1. The molecule has 0 bridgehead atoms. The number of hydrogen-bond acceptors (Lipinski definition) is 5. The monoisotopic (exact) mass is 585 g/mol. The third-order valence-corrected chi connectivity index (χ3v) is 6.60. The highest BCUT2D eigenvalue weighted by Crippen LogP contribution is 2.39. The average molecular weight is 586 g/mol. The van der Waals surface area contributed by atoms with Crippen LogP contribution in [-0.2, 0) is 28.9 Å². The lowest BCUT2D eigenvalue weighted by atomic mass is 9.81. The summed E-state index contributed by atoms with van der Waals surface area (Å²) in [6.45, 7) is 9.56. The summed E-state index contributed by atoms with van der Waals surface area (Å²) < 4.78 is 35.4. The number of rotatable bonds is 6. The minimum Gasteiger partial charge on any atom is -0.507 e. The van der Waals surface area contributed by atoms with E-state index in [1.165, 1.54) is 0 Å². The van der Waals surface area contributed by atoms with Crippen molar-refractivity contribution in [3.63, 3.8) is 0 Å². The van der Waals surface area contributed by atoms with Gasteiger partial charge in [-0.15, -0.1) is 0 Å². The predicted molar refractivity (Wildman–Crippen MR) is 151 cm³/mol. The maximum atomic E-state index is 13.6. The summed E-state index contributed by atoms with van der Waals surface area (Å²) in [5.41, 5.74) is 2.56. The number of carbonyl (C=O) groups excluding carboxylic acids is 1. The Morgan fingerprint density at radius 1 is 0.833 bits per heavy atom. The molecule has 11 heteroatoms. The number of carbonyl (C=O) groups is 2. The van der Waals surface area contributed by atoms with Crippen molar-refractivity contribution in [2.45, 2.75) is 64.9 Å². The molecule has 0 aliphatic carbocycles. The molecule has 3 aromatic carbocycles. The van der Waals surface area contributed by atoms with E-state index in [9.17, 15) is 28.2 Å². The number of carboxylic acids is 1. The fourth-order valence-electron chi connectivity index (χ4n) is 4.45. The molecule has 0 unspecified atom stereocenters. The third kappa shape index (κ3) is 7.27. The number of Topliss-reactive ketones (excluding diaryl/α,β-unsaturated/α-hetero) is 1. The second-order valence-electron chi connectivity index (χ2n) is 11.4. The number of aromatic nitrogens is 2. The second kappa shape index (κ2) is 11.8. The van der Waals surface area contributed by atoms with Gasteiger partial charge in [-0.3, -0.25) is 10.2 Å². The molecule has 224 valence electrons. The largest absolute Gasteiger partial charge is 0.507 e. The Labute approximate surface area is 240 Å². The number of nitrogens with zero attached hydrogens (tertiary/aromatic N) is 2. The first-order valence-electron chi connectivity index (χ1n) is 13.0. The Bertz CT molecular complexity index is 1620. The van der Waals surface area contributed by atoms with Crippen LogP contribution in [0.1, 0.15) is 61.7 Å². The first kappa shape index (κ1) is 32.1. The Balaban J connectivity index is 0.000000616. The van der Waals surface area contributed by atoms with Gasteiger partial charge in [0.2, 0.25) is 5.62 Å². The summed E-state index contributed by atoms with van der Waals surface area (Å²) in [6.07, 6.45) is -5.08. The van der Waals surface area contributed by atoms with Crippen LogP contribution in [0.2, 0.25) is 0 Å². The zero-order chi connectivity index (χ0) is 31.6. The van der Waals surface area contributed by atoms with Gasteiger partial charge in [-0.2, -0.15) is 13.2 Å². The van der Waals surface area contributed by atoms with Crippen LogP contribution in [0.15, 0.2) is 66.7 Å². The number of halogens is 3. The lowest BCUT2D eigenvalue weighted by Gasteiger charge is -2.27. The number of aromatic hydroxyl groups is 1. The molecule has 8 nitrogen and oxygen atoms in total. The van der Waals surface area contributed by atoms with Crippen molar-refractivity contribution in [3.05, 3.63) is 94.6 Å². The third-order valence-electron chi connectivity index (χ3n) is 6.60. The van der Waals surface area contributed by atoms with Crippen LogP contribution in [0.3, 0.4) is 0 Å². The van der Waals surface area contributed by atoms with Crippen molar-refractivity contribution in [1.82, 2.24) is 9.13 Å². The zero-order valence-corrected chi connectivity index (χ0v) is 24.0. The predicted octanol–water partition coefficient (Wildman–Crippen LogP) is 5.72. The van der Waals surface area contributed by atoms with E-state index in [1.807, 2.05) is 79.9 Å². The number of para-hydroxylation sites is 2. The maximum absolute atomic E-state index is 13.6. The number of aliphatic hydroxyl groups is 1. The lowest BCUT2D eigenvalue weighted by molar-refractivity contribution is -0.192. The first-order chi connectivity index (χ1) is 19.3. The number of imidazole rings is 1. The number of ketones is 1. The molecule has 0 aliphatic heterocycles. The van der Waals surface area contributed by atoms with Gasteiger partial charge in [0.15, 0.2) is 5.78 Å². The summed E-state index contributed by atoms with van der Waals surface area (Å²) in [4.78, 5) is 22.5. The molecule has 0 aliphatic rings. The Kier molecular flexibility index (Phi) is 9.07. The number of alkyl halides is 3. The molecule has 0 atom stereocenters. The van der Waals surface area contributed by atoms with Gasteiger partial charge in [0.1, 0.15) is 5.75 Å². The SMILES string of the molecule is CC(C)(C)c1cc(C(=O)Cn2c(=N)n(Cc3ccccc3)c3ccccc32)cc(C(C)(C)O)c1O.O=C(O)C(F)(F)F. The smallest absolute Gasteiger partial charge is 0.490 e. The Hall–Kier alpha value is -4.38. The number of carboxylic acid groups (broad SMARTS) is 1. The van der Waals surface area contributed by atoms with Crippen LogP contribution in [0.5, 0.6) is 5.75 Å². The van der Waals surface area contributed by atoms with E-state index >= 15 is 0 Å². The first-order valence-corrected chi connectivity index (χ1v) is 13.0. The summed E-state index contributed by atoms with van der Waals surface area (Å²) in [5.74, 6) is -2.94. The van der Waals surface area contributed by atoms with Gasteiger partial charge in [0.25, 0.3) is 0 Å². The van der Waals surface area contributed by atoms with E-state index in [4.69, 9.17) is 15.3 Å². The number of hydrogen-bond donors (Lipinski definition) is 4. The normalized spacial score (nSPS) is 12.1. The van der Waals surface area contributed by atoms with Crippen molar-refractivity contribution in [3.8, 4) is 5.75 Å². The second-order valence-corrected chi connectivity index (χ2v) is 11.4. The standard InChI is InChI=1S/C29H33N3O3.C2HF3O2/c1-28(2,3)21-15-20(16-22(26(21)34)29(4,5)35)25(33)18-32-24-14-10-9-13-23(24)31(27(32)30)17-19-11-7-6-8-12-19;3-2(4,5)1(6)7/h6-16,30,34-35H,17-18H2,1-5H3;(H,6,7). The van der Waals surface area contributed by atoms with Gasteiger partial charge in [0.05, 0.1) is 29.7 Å². The minimum absolute atomic E-state index is 0.00912. The fraction of sp³-hybridized carbons (Fsp3) is 0.323. The van der Waals surface area contributed by atoms with Gasteiger partial charge in [-0.05, 0) is 49.1 Å². The zero-order valence-electron chi connectivity index (χ0n) is 24.0. The summed E-state index contributed by atoms with van der Waals surface area (Å²) in [7, 11) is 0. The van der Waals surface area contributed by atoms with E-state index in [2.05, 4.69) is 0 Å². The molecular formula is C31H34F3N3O5. The molecule has 4 rings (SSSR count). The quantitative estimate of drug-likeness (QED) is 0.215. The number of phenolic OH excluding ortho intramolecular Hbond substituents is 1. The van der Waals surface area contributed by atoms with Crippen LogP contribution < -0.4 is 5.62 Å². The van der Waals surface area contributed by atoms with E-state index in [-0.39, 0.29) is 23.7 Å². The van der Waals surface area contributed by atoms with Crippen LogP contribution in [0, 0.1) is 5.41 Å². The highest BCUT2D eigenvalue weighted by Gasteiger charge is 2.38. The van der Waals surface area contributed by atoms with E-state index in [0.29, 0.717) is 23.2 Å². The Morgan fingerprint density at radius 2 is 1.31 bits per heavy atom. The summed E-state index contributed by atoms with van der Waals surface area (Å²) in [6, 6.07) is 20.9. The molecule has 42 heavy (non-hydrogen) atoms. The lowest BCUT2D eigenvalue weighted by Crippen LogP contribution is -2.28. The molecule has 0 saturated heterocycles. The van der Waals surface area contributed by atoms with Gasteiger partial charge in [-0.25, -0.2) is 4.79 Å². The number of nitrogens with one attached hydrogen (secondary N) is 1. The van der Waals surface area contributed by atoms with E-state index in [0.717, 1.165) is 16.6 Å². The van der Waals surface area contributed by atoms with Crippen molar-refractivity contribution < 1.29 is 38.1 Å². The Morgan fingerprint density at radius 3 is 1.79 bits per heavy atom. The van der Waals surface area contributed by atoms with Gasteiger partial charge in [-0.1, -0.05) is 63.2 Å². The topological polar surface area (TPSA) is 129 Å². The summed E-state index contributed by atoms with van der Waals surface area (Å²) >= 11 is 0. The molecule has 0 amide bonds. The van der Waals surface area contributed by atoms with Crippen LogP contribution in [0.25, 0.3) is 11.0 Å². The molecular weight excluding hydrogens is 551 g/mol. The summed E-state index contributed by atoms with van der Waals surface area (Å²) in [5, 5.41) is 37.6. The molecule has 1 heterocycles. The number of benzene rings is 3. The highest BCUT2D eigenvalue weighted by atomic mass is 19.4. The van der Waals surface area contributed by atoms with E-state index < -0.39 is 23.2 Å². The molecule has 0 saturated carbocycles. The number of fused-ring (bicyclic) bond motifs is 1. The molecule has 0 radical (unpaired) electrons. The molecule has 0 fully saturated rings. The van der Waals surface area contributed by atoms with Crippen molar-refractivity contribution in [2.24, 2.45) is 0 Å². The van der Waals surface area contributed by atoms with E-state index in [1.54, 1.807) is 30.5 Å². The van der Waals surface area contributed by atoms with Gasteiger partial charge in [0, 0.05) is 16.7 Å².